The second-order valence-electron chi connectivity index (χ2n) is 9.22. The van der Waals surface area contributed by atoms with Crippen molar-refractivity contribution < 1.29 is 24.2 Å². The van der Waals surface area contributed by atoms with Crippen LogP contribution in [0, 0.1) is 0 Å². The number of aromatic nitrogens is 1. The second kappa shape index (κ2) is 13.7. The Kier molecular flexibility index (Phi) is 9.66. The summed E-state index contributed by atoms with van der Waals surface area (Å²) in [6, 6.07) is 23.7. The molecule has 1 aromatic heterocycles. The van der Waals surface area contributed by atoms with Crippen LogP contribution in [0.25, 0.3) is 21.9 Å². The van der Waals surface area contributed by atoms with Gasteiger partial charge in [0.05, 0.1) is 26.1 Å². The first-order valence-corrected chi connectivity index (χ1v) is 13.0. The van der Waals surface area contributed by atoms with Crippen LogP contribution < -0.4 is 16.0 Å². The van der Waals surface area contributed by atoms with Gasteiger partial charge in [-0.15, -0.1) is 0 Å². The first kappa shape index (κ1) is 28.1. The fourth-order valence-electron chi connectivity index (χ4n) is 4.42. The Morgan fingerprint density at radius 1 is 0.950 bits per heavy atom. The van der Waals surface area contributed by atoms with Crippen LogP contribution >= 0.6 is 0 Å². The van der Waals surface area contributed by atoms with Crippen molar-refractivity contribution in [2.24, 2.45) is 0 Å². The number of carbonyl (C=O) groups excluding carboxylic acids is 3. The molecule has 0 saturated carbocycles. The largest absolute Gasteiger partial charge is 0.508 e. The first-order chi connectivity index (χ1) is 19.4. The highest BCUT2D eigenvalue weighted by Crippen LogP contribution is 2.34. The first-order valence-electron chi connectivity index (χ1n) is 13.0. The van der Waals surface area contributed by atoms with Gasteiger partial charge in [0, 0.05) is 24.7 Å². The number of benzene rings is 3. The molecule has 0 aliphatic rings. The number of hydrogen-bond acceptors (Lipinski definition) is 7. The number of ether oxygens (including phenoxy) is 1. The number of phenols is 1. The molecule has 206 valence electrons. The predicted molar refractivity (Wildman–Crippen MR) is 154 cm³/mol. The molecule has 0 radical (unpaired) electrons. The molecule has 0 bridgehead atoms. The molecule has 1 heterocycles. The number of nitrogens with one attached hydrogen (secondary N) is 3. The summed E-state index contributed by atoms with van der Waals surface area (Å²) in [6.07, 6.45) is 2.29. The average molecular weight is 541 g/mol. The van der Waals surface area contributed by atoms with Crippen molar-refractivity contribution in [3.63, 3.8) is 0 Å². The number of fused-ring (bicyclic) bond motifs is 1. The van der Waals surface area contributed by atoms with Gasteiger partial charge >= 0.3 is 5.97 Å². The number of esters is 1. The van der Waals surface area contributed by atoms with E-state index in [1.54, 1.807) is 18.3 Å². The van der Waals surface area contributed by atoms with Crippen molar-refractivity contribution in [3.05, 3.63) is 90.6 Å². The van der Waals surface area contributed by atoms with Crippen LogP contribution in [0.3, 0.4) is 0 Å². The van der Waals surface area contributed by atoms with E-state index in [2.05, 4.69) is 20.9 Å². The lowest BCUT2D eigenvalue weighted by molar-refractivity contribution is -0.141. The maximum atomic E-state index is 12.7. The number of rotatable bonds is 12. The summed E-state index contributed by atoms with van der Waals surface area (Å²) in [5.41, 5.74) is 2.12. The minimum absolute atomic E-state index is 0.0657. The van der Waals surface area contributed by atoms with Crippen molar-refractivity contribution in [1.29, 1.82) is 0 Å². The van der Waals surface area contributed by atoms with E-state index in [1.165, 1.54) is 7.11 Å². The third kappa shape index (κ3) is 7.57. The zero-order valence-corrected chi connectivity index (χ0v) is 22.2. The summed E-state index contributed by atoms with van der Waals surface area (Å²) in [4.78, 5) is 41.2. The van der Waals surface area contributed by atoms with Crippen LogP contribution in [0.4, 0.5) is 5.82 Å². The summed E-state index contributed by atoms with van der Waals surface area (Å²) < 4.78 is 4.80. The number of amides is 2. The summed E-state index contributed by atoms with van der Waals surface area (Å²) in [5.74, 6) is -0.653. The molecule has 0 saturated heterocycles. The van der Waals surface area contributed by atoms with Gasteiger partial charge in [0.2, 0.25) is 11.8 Å². The number of aromatic hydroxyl groups is 1. The van der Waals surface area contributed by atoms with Gasteiger partial charge in [-0.05, 0) is 46.5 Å². The van der Waals surface area contributed by atoms with Crippen molar-refractivity contribution in [3.8, 4) is 16.9 Å². The number of carbonyl (C=O) groups is 3. The number of anilines is 1. The molecule has 1 atom stereocenters. The van der Waals surface area contributed by atoms with Crippen LogP contribution in [0.15, 0.2) is 85.1 Å². The normalized spacial score (nSPS) is 11.4. The highest BCUT2D eigenvalue weighted by molar-refractivity contribution is 5.97. The zero-order valence-electron chi connectivity index (χ0n) is 22.2. The standard InChI is InChI=1S/C31H32N4O5/c1-40-31(39)19-26(35-30(38)20-34-29(37)13-7-17-33-28-12-4-5-16-32-28)25-15-14-22(18-27(25)36)24-11-6-9-21-8-2-3-10-23(21)24/h2-6,8-12,14-16,18,26,36H,7,13,17,19-20H2,1H3,(H,32,33)(H,34,37)(H,35,38). The minimum Gasteiger partial charge on any atom is -0.508 e. The van der Waals surface area contributed by atoms with Gasteiger partial charge in [-0.3, -0.25) is 14.4 Å². The van der Waals surface area contributed by atoms with Gasteiger partial charge in [0.25, 0.3) is 0 Å². The second-order valence-corrected chi connectivity index (χ2v) is 9.22. The number of nitrogens with zero attached hydrogens (tertiary/aromatic N) is 1. The molecule has 3 aromatic carbocycles. The van der Waals surface area contributed by atoms with E-state index in [9.17, 15) is 19.5 Å². The minimum atomic E-state index is -0.846. The van der Waals surface area contributed by atoms with E-state index in [-0.39, 0.29) is 31.0 Å². The van der Waals surface area contributed by atoms with E-state index in [1.807, 2.05) is 66.7 Å². The number of phenolic OH excluding ortho intramolecular Hbond substituents is 1. The number of methoxy groups -OCH3 is 1. The van der Waals surface area contributed by atoms with Gasteiger partial charge in [0.1, 0.15) is 11.6 Å². The number of hydrogen-bond donors (Lipinski definition) is 4. The molecular formula is C31H32N4O5. The van der Waals surface area contributed by atoms with Crippen LogP contribution in [0.5, 0.6) is 5.75 Å². The van der Waals surface area contributed by atoms with Crippen LogP contribution in [0.1, 0.15) is 30.9 Å². The van der Waals surface area contributed by atoms with E-state index in [0.717, 1.165) is 27.7 Å². The molecule has 9 nitrogen and oxygen atoms in total. The summed E-state index contributed by atoms with van der Waals surface area (Å²) in [7, 11) is 1.26. The molecule has 0 aliphatic carbocycles. The van der Waals surface area contributed by atoms with Crippen molar-refractivity contribution in [2.45, 2.75) is 25.3 Å². The lowest BCUT2D eigenvalue weighted by Crippen LogP contribution is -2.39. The smallest absolute Gasteiger partial charge is 0.307 e. The predicted octanol–water partition coefficient (Wildman–Crippen LogP) is 4.34. The fraction of sp³-hybridized carbons (Fsp3) is 0.226. The topological polar surface area (TPSA) is 130 Å². The Balaban J connectivity index is 1.37. The maximum Gasteiger partial charge on any atom is 0.307 e. The van der Waals surface area contributed by atoms with Gasteiger partial charge in [-0.2, -0.15) is 0 Å². The number of pyridine rings is 1. The summed E-state index contributed by atoms with van der Waals surface area (Å²) in [6.45, 7) is 0.297. The Hall–Kier alpha value is -4.92. The van der Waals surface area contributed by atoms with E-state index < -0.39 is 17.9 Å². The lowest BCUT2D eigenvalue weighted by atomic mass is 9.95. The summed E-state index contributed by atoms with van der Waals surface area (Å²) >= 11 is 0. The summed E-state index contributed by atoms with van der Waals surface area (Å²) in [5, 5.41) is 21.5. The SMILES string of the molecule is COC(=O)CC(NC(=O)CNC(=O)CCCNc1ccccn1)c1ccc(-c2cccc3ccccc23)cc1O. The molecule has 4 rings (SSSR count). The van der Waals surface area contributed by atoms with Crippen LogP contribution in [-0.2, 0) is 19.1 Å². The van der Waals surface area contributed by atoms with Crippen LogP contribution in [0.2, 0.25) is 0 Å². The molecule has 40 heavy (non-hydrogen) atoms. The Labute approximate surface area is 232 Å². The monoisotopic (exact) mass is 540 g/mol. The van der Waals surface area contributed by atoms with Gasteiger partial charge in [0.15, 0.2) is 0 Å². The van der Waals surface area contributed by atoms with Crippen molar-refractivity contribution in [2.75, 3.05) is 25.5 Å². The molecule has 2 amide bonds. The van der Waals surface area contributed by atoms with Crippen LogP contribution in [-0.4, -0.2) is 48.1 Å². The Morgan fingerprint density at radius 3 is 2.52 bits per heavy atom. The van der Waals surface area contributed by atoms with Crippen molar-refractivity contribution >= 4 is 34.4 Å². The molecule has 1 unspecified atom stereocenters. The molecule has 0 spiro atoms. The molecule has 4 aromatic rings. The molecule has 9 heteroatoms. The molecule has 0 fully saturated rings. The van der Waals surface area contributed by atoms with E-state index in [0.29, 0.717) is 18.5 Å². The maximum absolute atomic E-state index is 12.7. The molecular weight excluding hydrogens is 508 g/mol. The van der Waals surface area contributed by atoms with Gasteiger partial charge < -0.3 is 25.8 Å². The van der Waals surface area contributed by atoms with Gasteiger partial charge in [-0.25, -0.2) is 4.98 Å². The lowest BCUT2D eigenvalue weighted by Gasteiger charge is -2.20. The third-order valence-electron chi connectivity index (χ3n) is 6.44. The molecule has 0 aliphatic heterocycles. The molecule has 4 N–H and O–H groups in total. The zero-order chi connectivity index (χ0) is 28.3. The Bertz CT molecular complexity index is 1470. The highest BCUT2D eigenvalue weighted by Gasteiger charge is 2.22. The third-order valence-corrected chi connectivity index (χ3v) is 6.44. The van der Waals surface area contributed by atoms with Gasteiger partial charge in [-0.1, -0.05) is 60.7 Å². The van der Waals surface area contributed by atoms with E-state index >= 15 is 0 Å². The fourth-order valence-corrected chi connectivity index (χ4v) is 4.42. The quantitative estimate of drug-likeness (QED) is 0.155. The van der Waals surface area contributed by atoms with Crippen molar-refractivity contribution in [1.82, 2.24) is 15.6 Å². The highest BCUT2D eigenvalue weighted by atomic mass is 16.5. The van der Waals surface area contributed by atoms with E-state index in [4.69, 9.17) is 4.74 Å². The Morgan fingerprint density at radius 2 is 1.75 bits per heavy atom. The average Bonchev–Trinajstić information content (AvgIpc) is 2.98.